The van der Waals surface area contributed by atoms with E-state index in [1.807, 2.05) is 0 Å². The number of ether oxygens (including phenoxy) is 1. The highest BCUT2D eigenvalue weighted by atomic mass is 19.4. The highest BCUT2D eigenvalue weighted by Gasteiger charge is 2.30. The van der Waals surface area contributed by atoms with Crippen LogP contribution in [0.3, 0.4) is 0 Å². The van der Waals surface area contributed by atoms with Gasteiger partial charge in [0.05, 0.1) is 28.6 Å². The maximum absolute atomic E-state index is 12.7. The molecule has 2 aromatic heterocycles. The number of hydrogen-bond acceptors (Lipinski definition) is 6. The summed E-state index contributed by atoms with van der Waals surface area (Å²) < 4.78 is 50.6. The van der Waals surface area contributed by atoms with Crippen LogP contribution in [-0.2, 0) is 19.8 Å². The van der Waals surface area contributed by atoms with Crippen molar-refractivity contribution in [3.63, 3.8) is 0 Å². The fourth-order valence-electron chi connectivity index (χ4n) is 2.95. The number of aromatic carboxylic acids is 1. The van der Waals surface area contributed by atoms with Gasteiger partial charge in [-0.3, -0.25) is 4.68 Å². The first-order chi connectivity index (χ1) is 15.2. The summed E-state index contributed by atoms with van der Waals surface area (Å²) in [6.07, 6.45) is -2.93. The number of hydrogen-bond donors (Lipinski definition) is 1. The fourth-order valence-corrected chi connectivity index (χ4v) is 2.95. The maximum atomic E-state index is 12.7. The van der Waals surface area contributed by atoms with Crippen molar-refractivity contribution in [3.05, 3.63) is 71.5 Å². The molecule has 0 aliphatic heterocycles. The quantitative estimate of drug-likeness (QED) is 0.469. The van der Waals surface area contributed by atoms with Crippen LogP contribution in [0.15, 0.2) is 59.3 Å². The molecule has 8 nitrogen and oxygen atoms in total. The van der Waals surface area contributed by atoms with Crippen LogP contribution in [0.25, 0.3) is 22.8 Å². The number of carbonyl (C=O) groups is 1. The van der Waals surface area contributed by atoms with Gasteiger partial charge in [-0.15, -0.1) is 0 Å². The number of benzene rings is 2. The highest BCUT2D eigenvalue weighted by molar-refractivity contribution is 5.89. The monoisotopic (exact) mass is 444 g/mol. The van der Waals surface area contributed by atoms with Crippen molar-refractivity contribution in [2.24, 2.45) is 7.05 Å². The summed E-state index contributed by atoms with van der Waals surface area (Å²) in [5.74, 6) is -0.492. The van der Waals surface area contributed by atoms with Crippen LogP contribution in [0.5, 0.6) is 5.75 Å². The number of aryl methyl sites for hydroxylation is 1. The minimum Gasteiger partial charge on any atom is -0.487 e. The third-order valence-corrected chi connectivity index (χ3v) is 4.64. The average molecular weight is 444 g/mol. The summed E-state index contributed by atoms with van der Waals surface area (Å²) in [5.41, 5.74) is 0.815. The van der Waals surface area contributed by atoms with E-state index >= 15 is 0 Å². The van der Waals surface area contributed by atoms with Gasteiger partial charge in [0.15, 0.2) is 0 Å². The van der Waals surface area contributed by atoms with E-state index in [2.05, 4.69) is 15.2 Å². The first-order valence-corrected chi connectivity index (χ1v) is 9.21. The molecule has 0 amide bonds. The molecule has 2 aromatic carbocycles. The lowest BCUT2D eigenvalue weighted by molar-refractivity contribution is -0.137. The van der Waals surface area contributed by atoms with E-state index in [1.165, 1.54) is 35.1 Å². The van der Waals surface area contributed by atoms with Crippen LogP contribution in [0, 0.1) is 0 Å². The summed E-state index contributed by atoms with van der Waals surface area (Å²) in [6, 6.07) is 10.4. The Bertz CT molecular complexity index is 1260. The van der Waals surface area contributed by atoms with Gasteiger partial charge in [0.1, 0.15) is 12.4 Å². The lowest BCUT2D eigenvalue weighted by Crippen LogP contribution is -2.06. The molecule has 11 heteroatoms. The Morgan fingerprint density at radius 1 is 1.19 bits per heavy atom. The SMILES string of the molecule is Cn1ncc(-c2nc(-c3cccc(C(=O)O)c3)no2)c1COc1ccc(C(F)(F)F)cc1. The van der Waals surface area contributed by atoms with Gasteiger partial charge in [0, 0.05) is 12.6 Å². The number of carboxylic acids is 1. The molecule has 0 aliphatic carbocycles. The van der Waals surface area contributed by atoms with Crippen molar-refractivity contribution in [1.82, 2.24) is 19.9 Å². The molecule has 4 aromatic rings. The molecule has 1 N–H and O–H groups in total. The standard InChI is InChI=1S/C21H15F3N4O4/c1-28-17(11-31-15-7-5-14(6-8-15)21(22,23)24)16(10-25-28)19-26-18(27-32-19)12-3-2-4-13(9-12)20(29)30/h2-10H,11H2,1H3,(H,29,30). The van der Waals surface area contributed by atoms with Crippen LogP contribution >= 0.6 is 0 Å². The Balaban J connectivity index is 1.55. The van der Waals surface area contributed by atoms with E-state index in [-0.39, 0.29) is 29.6 Å². The second-order valence-electron chi connectivity index (χ2n) is 6.75. The van der Waals surface area contributed by atoms with E-state index in [0.29, 0.717) is 16.8 Å². The molecule has 0 bridgehead atoms. The van der Waals surface area contributed by atoms with Crippen molar-refractivity contribution in [2.45, 2.75) is 12.8 Å². The Hall–Kier alpha value is -4.15. The third-order valence-electron chi connectivity index (χ3n) is 4.64. The van der Waals surface area contributed by atoms with Gasteiger partial charge in [-0.1, -0.05) is 17.3 Å². The van der Waals surface area contributed by atoms with Crippen LogP contribution in [0.2, 0.25) is 0 Å². The summed E-state index contributed by atoms with van der Waals surface area (Å²) in [6.45, 7) is -0.0105. The Kier molecular flexibility index (Phi) is 5.39. The van der Waals surface area contributed by atoms with Crippen LogP contribution in [0.1, 0.15) is 21.6 Å². The number of carboxylic acid groups (broad SMARTS) is 1. The second kappa shape index (κ2) is 8.17. The van der Waals surface area contributed by atoms with E-state index < -0.39 is 17.7 Å². The second-order valence-corrected chi connectivity index (χ2v) is 6.75. The topological polar surface area (TPSA) is 103 Å². The van der Waals surface area contributed by atoms with Gasteiger partial charge < -0.3 is 14.4 Å². The Morgan fingerprint density at radius 2 is 1.94 bits per heavy atom. The van der Waals surface area contributed by atoms with Gasteiger partial charge in [-0.05, 0) is 36.4 Å². The minimum atomic E-state index is -4.42. The van der Waals surface area contributed by atoms with Crippen molar-refractivity contribution in [2.75, 3.05) is 0 Å². The first-order valence-electron chi connectivity index (χ1n) is 9.21. The molecular formula is C21H15F3N4O4. The predicted molar refractivity (Wildman–Crippen MR) is 105 cm³/mol. The molecule has 0 fully saturated rings. The molecule has 0 aliphatic rings. The van der Waals surface area contributed by atoms with Crippen molar-refractivity contribution in [1.29, 1.82) is 0 Å². The number of alkyl halides is 3. The molecule has 32 heavy (non-hydrogen) atoms. The number of rotatable bonds is 6. The minimum absolute atomic E-state index is 0.0105. The van der Waals surface area contributed by atoms with Gasteiger partial charge in [0.25, 0.3) is 5.89 Å². The van der Waals surface area contributed by atoms with E-state index in [0.717, 1.165) is 12.1 Å². The molecule has 0 radical (unpaired) electrons. The zero-order valence-corrected chi connectivity index (χ0v) is 16.5. The molecular weight excluding hydrogens is 429 g/mol. The van der Waals surface area contributed by atoms with Crippen molar-refractivity contribution < 1.29 is 32.3 Å². The molecule has 164 valence electrons. The van der Waals surface area contributed by atoms with Crippen molar-refractivity contribution in [3.8, 4) is 28.6 Å². The zero-order valence-electron chi connectivity index (χ0n) is 16.5. The summed E-state index contributed by atoms with van der Waals surface area (Å²) >= 11 is 0. The largest absolute Gasteiger partial charge is 0.487 e. The van der Waals surface area contributed by atoms with Gasteiger partial charge in [-0.2, -0.15) is 23.3 Å². The summed E-state index contributed by atoms with van der Waals surface area (Å²) in [5, 5.41) is 17.2. The molecule has 0 saturated carbocycles. The first kappa shape index (κ1) is 21.1. The normalized spacial score (nSPS) is 11.5. The van der Waals surface area contributed by atoms with Gasteiger partial charge >= 0.3 is 12.1 Å². The maximum Gasteiger partial charge on any atom is 0.416 e. The molecule has 0 saturated heterocycles. The van der Waals surface area contributed by atoms with Crippen LogP contribution in [0.4, 0.5) is 13.2 Å². The number of nitrogens with zero attached hydrogens (tertiary/aromatic N) is 4. The lowest BCUT2D eigenvalue weighted by atomic mass is 10.1. The van der Waals surface area contributed by atoms with Crippen LogP contribution < -0.4 is 4.74 Å². The predicted octanol–water partition coefficient (Wildman–Crippen LogP) is 4.43. The van der Waals surface area contributed by atoms with E-state index in [1.54, 1.807) is 19.2 Å². The van der Waals surface area contributed by atoms with Gasteiger partial charge in [0.2, 0.25) is 5.82 Å². The molecule has 0 atom stereocenters. The smallest absolute Gasteiger partial charge is 0.416 e. The summed E-state index contributed by atoms with van der Waals surface area (Å²) in [7, 11) is 1.67. The number of halogens is 3. The number of aromatic nitrogens is 4. The summed E-state index contributed by atoms with van der Waals surface area (Å²) in [4.78, 5) is 15.5. The molecule has 0 spiro atoms. The van der Waals surface area contributed by atoms with E-state index in [4.69, 9.17) is 14.4 Å². The Labute approximate surface area is 178 Å². The molecule has 2 heterocycles. The highest BCUT2D eigenvalue weighted by Crippen LogP contribution is 2.31. The van der Waals surface area contributed by atoms with Crippen LogP contribution in [-0.4, -0.2) is 31.0 Å². The molecule has 0 unspecified atom stereocenters. The average Bonchev–Trinajstić information content (AvgIpc) is 3.39. The Morgan fingerprint density at radius 3 is 2.62 bits per heavy atom. The lowest BCUT2D eigenvalue weighted by Gasteiger charge is -2.10. The fraction of sp³-hybridized carbons (Fsp3) is 0.143. The van der Waals surface area contributed by atoms with Crippen molar-refractivity contribution >= 4 is 5.97 Å². The van der Waals surface area contributed by atoms with E-state index in [9.17, 15) is 18.0 Å². The third kappa shape index (κ3) is 4.31. The van der Waals surface area contributed by atoms with Gasteiger partial charge in [-0.25, -0.2) is 4.79 Å². The zero-order chi connectivity index (χ0) is 22.9. The molecule has 4 rings (SSSR count).